The summed E-state index contributed by atoms with van der Waals surface area (Å²) in [5.41, 5.74) is 4.13. The molecule has 110 valence electrons. The van der Waals surface area contributed by atoms with E-state index in [4.69, 9.17) is 4.74 Å². The number of rotatable bonds is 4. The fourth-order valence-corrected chi connectivity index (χ4v) is 3.19. The maximum atomic E-state index is 5.68. The van der Waals surface area contributed by atoms with E-state index in [1.807, 2.05) is 7.11 Å². The van der Waals surface area contributed by atoms with Crippen molar-refractivity contribution in [2.45, 2.75) is 38.0 Å². The monoisotopic (exact) mass is 281 g/mol. The first-order valence-electron chi connectivity index (χ1n) is 7.74. The molecule has 1 aliphatic carbocycles. The normalized spacial score (nSPS) is 21.6. The minimum Gasteiger partial charge on any atom is -0.377 e. The molecular formula is C19H23NO. The lowest BCUT2D eigenvalue weighted by atomic mass is 10.0. The van der Waals surface area contributed by atoms with Crippen LogP contribution in [0.15, 0.2) is 54.6 Å². The van der Waals surface area contributed by atoms with Crippen molar-refractivity contribution in [2.24, 2.45) is 0 Å². The van der Waals surface area contributed by atoms with Crippen LogP contribution in [0.1, 0.15) is 35.6 Å². The van der Waals surface area contributed by atoms with Crippen molar-refractivity contribution >= 4 is 0 Å². The highest BCUT2D eigenvalue weighted by Crippen LogP contribution is 2.30. The minimum absolute atomic E-state index is 0.240. The first-order valence-corrected chi connectivity index (χ1v) is 7.74. The van der Waals surface area contributed by atoms with E-state index in [2.05, 4.69) is 59.9 Å². The maximum absolute atomic E-state index is 5.68. The molecule has 2 nitrogen and oxygen atoms in total. The number of hydrogen-bond acceptors (Lipinski definition) is 2. The molecule has 0 saturated carbocycles. The molecule has 2 atom stereocenters. The van der Waals surface area contributed by atoms with E-state index in [1.54, 1.807) is 0 Å². The molecule has 1 aliphatic rings. The van der Waals surface area contributed by atoms with Crippen LogP contribution in [0.4, 0.5) is 0 Å². The van der Waals surface area contributed by atoms with Crippen molar-refractivity contribution in [3.05, 3.63) is 71.3 Å². The van der Waals surface area contributed by atoms with Crippen LogP contribution in [-0.4, -0.2) is 13.2 Å². The Bertz CT molecular complexity index is 567. The van der Waals surface area contributed by atoms with Crippen LogP contribution >= 0.6 is 0 Å². The smallest absolute Gasteiger partial charge is 0.0824 e. The van der Waals surface area contributed by atoms with E-state index in [0.29, 0.717) is 6.04 Å². The van der Waals surface area contributed by atoms with Crippen LogP contribution in [-0.2, 0) is 17.7 Å². The van der Waals surface area contributed by atoms with Crippen LogP contribution in [0, 0.1) is 0 Å². The Morgan fingerprint density at radius 3 is 2.57 bits per heavy atom. The van der Waals surface area contributed by atoms with Gasteiger partial charge in [-0.2, -0.15) is 0 Å². The number of nitrogens with one attached hydrogen (secondary N) is 1. The van der Waals surface area contributed by atoms with Gasteiger partial charge in [0.15, 0.2) is 0 Å². The molecule has 0 bridgehead atoms. The molecule has 0 aromatic heterocycles. The Kier molecular flexibility index (Phi) is 4.69. The number of hydrogen-bond donors (Lipinski definition) is 1. The summed E-state index contributed by atoms with van der Waals surface area (Å²) < 4.78 is 5.68. The van der Waals surface area contributed by atoms with Crippen LogP contribution in [0.5, 0.6) is 0 Å². The van der Waals surface area contributed by atoms with Crippen molar-refractivity contribution in [2.75, 3.05) is 7.11 Å². The average Bonchev–Trinajstić information content (AvgIpc) is 2.73. The Morgan fingerprint density at radius 2 is 1.76 bits per heavy atom. The third kappa shape index (κ3) is 3.52. The Hall–Kier alpha value is -1.64. The average molecular weight is 281 g/mol. The molecule has 2 unspecified atom stereocenters. The van der Waals surface area contributed by atoms with Gasteiger partial charge in [-0.3, -0.25) is 0 Å². The van der Waals surface area contributed by atoms with Crippen LogP contribution < -0.4 is 5.32 Å². The molecule has 2 aromatic carbocycles. The highest BCUT2D eigenvalue weighted by Gasteiger charge is 2.22. The number of benzene rings is 2. The molecule has 0 fully saturated rings. The summed E-state index contributed by atoms with van der Waals surface area (Å²) in [6, 6.07) is 19.8. The first-order chi connectivity index (χ1) is 10.4. The van der Waals surface area contributed by atoms with E-state index in [1.165, 1.54) is 16.7 Å². The Balaban J connectivity index is 1.69. The molecule has 0 radical (unpaired) electrons. The second kappa shape index (κ2) is 6.88. The first kappa shape index (κ1) is 14.3. The lowest BCUT2D eigenvalue weighted by Crippen LogP contribution is -2.30. The molecule has 0 amide bonds. The van der Waals surface area contributed by atoms with Gasteiger partial charge in [0.05, 0.1) is 6.10 Å². The second-order valence-electron chi connectivity index (χ2n) is 5.77. The van der Waals surface area contributed by atoms with E-state index in [9.17, 15) is 0 Å². The van der Waals surface area contributed by atoms with E-state index in [-0.39, 0.29) is 6.10 Å². The summed E-state index contributed by atoms with van der Waals surface area (Å²) >= 11 is 0. The van der Waals surface area contributed by atoms with Gasteiger partial charge in [0.25, 0.3) is 0 Å². The SMILES string of the molecule is COC1CCC(NCc2ccccc2)Cc2ccccc21. The summed E-state index contributed by atoms with van der Waals surface area (Å²) in [6.45, 7) is 0.936. The van der Waals surface area contributed by atoms with Crippen molar-refractivity contribution in [1.82, 2.24) is 5.32 Å². The predicted octanol–water partition coefficient (Wildman–Crippen LogP) is 3.87. The number of ether oxygens (including phenoxy) is 1. The fourth-order valence-electron chi connectivity index (χ4n) is 3.19. The van der Waals surface area contributed by atoms with Gasteiger partial charge in [-0.15, -0.1) is 0 Å². The summed E-state index contributed by atoms with van der Waals surface area (Å²) in [7, 11) is 1.82. The standard InChI is InChI=1S/C19H23NO/c1-21-19-12-11-17(13-16-9-5-6-10-18(16)19)20-14-15-7-3-2-4-8-15/h2-10,17,19-20H,11-14H2,1H3. The molecule has 21 heavy (non-hydrogen) atoms. The zero-order valence-corrected chi connectivity index (χ0v) is 12.6. The van der Waals surface area contributed by atoms with Gasteiger partial charge >= 0.3 is 0 Å². The Morgan fingerprint density at radius 1 is 1.00 bits per heavy atom. The zero-order valence-electron chi connectivity index (χ0n) is 12.6. The highest BCUT2D eigenvalue weighted by molar-refractivity contribution is 5.31. The van der Waals surface area contributed by atoms with E-state index in [0.717, 1.165) is 25.8 Å². The second-order valence-corrected chi connectivity index (χ2v) is 5.77. The van der Waals surface area contributed by atoms with Gasteiger partial charge in [-0.05, 0) is 36.0 Å². The molecule has 3 rings (SSSR count). The molecule has 2 aromatic rings. The van der Waals surface area contributed by atoms with Crippen LogP contribution in [0.25, 0.3) is 0 Å². The molecule has 0 heterocycles. The topological polar surface area (TPSA) is 21.3 Å². The van der Waals surface area contributed by atoms with E-state index >= 15 is 0 Å². The number of methoxy groups -OCH3 is 1. The zero-order chi connectivity index (χ0) is 14.5. The van der Waals surface area contributed by atoms with Gasteiger partial charge in [0.1, 0.15) is 0 Å². The highest BCUT2D eigenvalue weighted by atomic mass is 16.5. The van der Waals surface area contributed by atoms with Gasteiger partial charge in [-0.1, -0.05) is 54.6 Å². The summed E-state index contributed by atoms with van der Waals surface area (Å²) in [4.78, 5) is 0. The van der Waals surface area contributed by atoms with Crippen LogP contribution in [0.3, 0.4) is 0 Å². The van der Waals surface area contributed by atoms with E-state index < -0.39 is 0 Å². The molecule has 2 heteroatoms. The van der Waals surface area contributed by atoms with Crippen molar-refractivity contribution in [3.63, 3.8) is 0 Å². The van der Waals surface area contributed by atoms with Gasteiger partial charge in [0, 0.05) is 19.7 Å². The van der Waals surface area contributed by atoms with Gasteiger partial charge in [-0.25, -0.2) is 0 Å². The van der Waals surface area contributed by atoms with Crippen LogP contribution in [0.2, 0.25) is 0 Å². The molecule has 1 N–H and O–H groups in total. The Labute approximate surface area is 127 Å². The molecular weight excluding hydrogens is 258 g/mol. The predicted molar refractivity (Wildman–Crippen MR) is 86.2 cm³/mol. The molecule has 0 spiro atoms. The quantitative estimate of drug-likeness (QED) is 0.859. The third-order valence-electron chi connectivity index (χ3n) is 4.37. The van der Waals surface area contributed by atoms with Crippen molar-refractivity contribution in [1.29, 1.82) is 0 Å². The lowest BCUT2D eigenvalue weighted by Gasteiger charge is -2.17. The van der Waals surface area contributed by atoms with Gasteiger partial charge < -0.3 is 10.1 Å². The molecule has 0 saturated heterocycles. The maximum Gasteiger partial charge on any atom is 0.0824 e. The largest absolute Gasteiger partial charge is 0.377 e. The summed E-state index contributed by atoms with van der Waals surface area (Å²) in [5, 5.41) is 3.71. The minimum atomic E-state index is 0.240. The lowest BCUT2D eigenvalue weighted by molar-refractivity contribution is 0.0935. The number of fused-ring (bicyclic) bond motifs is 1. The van der Waals surface area contributed by atoms with Gasteiger partial charge in [0.2, 0.25) is 0 Å². The fraction of sp³-hybridized carbons (Fsp3) is 0.368. The van der Waals surface area contributed by atoms with Crippen molar-refractivity contribution in [3.8, 4) is 0 Å². The molecule has 0 aliphatic heterocycles. The summed E-state index contributed by atoms with van der Waals surface area (Å²) in [5.74, 6) is 0. The van der Waals surface area contributed by atoms with Crippen molar-refractivity contribution < 1.29 is 4.74 Å². The third-order valence-corrected chi connectivity index (χ3v) is 4.37. The summed E-state index contributed by atoms with van der Waals surface area (Å²) in [6.07, 6.45) is 3.56.